The van der Waals surface area contributed by atoms with E-state index >= 15 is 0 Å². The first-order chi connectivity index (χ1) is 18.1. The number of carbonyl (C=O) groups is 1. The van der Waals surface area contributed by atoms with Gasteiger partial charge in [0, 0.05) is 51.0 Å². The van der Waals surface area contributed by atoms with Gasteiger partial charge in [-0.3, -0.25) is 9.69 Å². The third-order valence-corrected chi connectivity index (χ3v) is 9.30. The highest BCUT2D eigenvalue weighted by molar-refractivity contribution is 7.89. The number of amides is 1. The van der Waals surface area contributed by atoms with E-state index in [1.807, 2.05) is 25.1 Å². The van der Waals surface area contributed by atoms with Gasteiger partial charge in [-0.1, -0.05) is 11.3 Å². The Morgan fingerprint density at radius 3 is 2.37 bits per heavy atom. The fourth-order valence-corrected chi connectivity index (χ4v) is 6.42. The van der Waals surface area contributed by atoms with Crippen LogP contribution in [0.3, 0.4) is 0 Å². The number of hydrogen-bond donors (Lipinski definition) is 0. The number of hydrogen-bond acceptors (Lipinski definition) is 9. The highest BCUT2D eigenvalue weighted by Crippen LogP contribution is 2.37. The molecule has 0 N–H and O–H groups in total. The topological polar surface area (TPSA) is 102 Å². The van der Waals surface area contributed by atoms with Crippen LogP contribution in [0, 0.1) is 0 Å². The molecule has 0 saturated carbocycles. The zero-order chi connectivity index (χ0) is 27.4. The van der Waals surface area contributed by atoms with E-state index in [0.717, 1.165) is 17.5 Å². The number of anilines is 1. The van der Waals surface area contributed by atoms with Gasteiger partial charge in [-0.05, 0) is 51.2 Å². The monoisotopic (exact) mass is 562 g/mol. The van der Waals surface area contributed by atoms with Crippen molar-refractivity contribution in [1.29, 1.82) is 0 Å². The predicted molar refractivity (Wildman–Crippen MR) is 148 cm³/mol. The Labute approximate surface area is 227 Å². The number of aromatic nitrogens is 1. The molecule has 206 valence electrons. The summed E-state index contributed by atoms with van der Waals surface area (Å²) < 4.78 is 44.7. The average Bonchev–Trinajstić information content (AvgIpc) is 3.57. The predicted octanol–water partition coefficient (Wildman–Crippen LogP) is 3.32. The zero-order valence-electron chi connectivity index (χ0n) is 22.3. The van der Waals surface area contributed by atoms with E-state index in [9.17, 15) is 13.2 Å². The molecule has 3 aromatic rings. The maximum atomic E-state index is 13.7. The first kappa shape index (κ1) is 28.2. The number of benzene rings is 2. The number of thiazole rings is 1. The molecule has 0 radical (unpaired) electrons. The smallest absolute Gasteiger partial charge is 0.260 e. The fourth-order valence-electron chi connectivity index (χ4n) is 4.22. The lowest BCUT2D eigenvalue weighted by atomic mass is 10.2. The maximum absolute atomic E-state index is 13.7. The van der Waals surface area contributed by atoms with Crippen LogP contribution in [-0.4, -0.2) is 96.2 Å². The fraction of sp³-hybridized carbons (Fsp3) is 0.462. The molecule has 1 aliphatic rings. The van der Waals surface area contributed by atoms with Crippen molar-refractivity contribution in [1.82, 2.24) is 14.2 Å². The van der Waals surface area contributed by atoms with Crippen LogP contribution in [0.25, 0.3) is 10.2 Å². The summed E-state index contributed by atoms with van der Waals surface area (Å²) in [5.41, 5.74) is 1.07. The quantitative estimate of drug-likeness (QED) is 0.351. The van der Waals surface area contributed by atoms with Gasteiger partial charge in [-0.2, -0.15) is 4.31 Å². The Kier molecular flexibility index (Phi) is 8.89. The highest BCUT2D eigenvalue weighted by Gasteiger charge is 2.27. The number of likely N-dealkylation sites (N-methyl/N-ethyl adjacent to an activating group) is 2. The molecule has 0 aliphatic carbocycles. The van der Waals surface area contributed by atoms with Crippen molar-refractivity contribution in [3.8, 4) is 11.5 Å². The lowest BCUT2D eigenvalue weighted by molar-refractivity contribution is 0.0978. The summed E-state index contributed by atoms with van der Waals surface area (Å²) in [6.45, 7) is 1.99. The summed E-state index contributed by atoms with van der Waals surface area (Å²) in [5, 5.41) is 0.537. The van der Waals surface area contributed by atoms with Crippen LogP contribution < -0.4 is 14.4 Å². The van der Waals surface area contributed by atoms with Crippen LogP contribution in [0.2, 0.25) is 0 Å². The van der Waals surface area contributed by atoms with Gasteiger partial charge in [0.1, 0.15) is 0 Å². The van der Waals surface area contributed by atoms with Gasteiger partial charge in [-0.15, -0.1) is 0 Å². The normalized spacial score (nSPS) is 15.9. The number of sulfonamides is 1. The number of fused-ring (bicyclic) bond motifs is 1. The van der Waals surface area contributed by atoms with E-state index in [2.05, 4.69) is 0 Å². The largest absolute Gasteiger partial charge is 0.493 e. The van der Waals surface area contributed by atoms with E-state index in [4.69, 9.17) is 19.2 Å². The molecule has 1 amide bonds. The molecule has 0 spiro atoms. The first-order valence-corrected chi connectivity index (χ1v) is 14.6. The number of carbonyl (C=O) groups excluding carboxylic acids is 1. The molecule has 1 atom stereocenters. The van der Waals surface area contributed by atoms with Crippen molar-refractivity contribution < 1.29 is 27.4 Å². The number of rotatable bonds is 11. The molecule has 0 bridgehead atoms. The van der Waals surface area contributed by atoms with Crippen LogP contribution in [0.5, 0.6) is 11.5 Å². The summed E-state index contributed by atoms with van der Waals surface area (Å²) in [6.07, 6.45) is 1.70. The maximum Gasteiger partial charge on any atom is 0.260 e. The molecule has 1 saturated heterocycles. The number of ether oxygens (including phenoxy) is 3. The Morgan fingerprint density at radius 1 is 1.08 bits per heavy atom. The van der Waals surface area contributed by atoms with Gasteiger partial charge in [0.15, 0.2) is 16.6 Å². The summed E-state index contributed by atoms with van der Waals surface area (Å²) in [5.74, 6) is 0.883. The summed E-state index contributed by atoms with van der Waals surface area (Å²) in [4.78, 5) is 22.1. The second-order valence-electron chi connectivity index (χ2n) is 9.38. The molecule has 2 aromatic carbocycles. The lowest BCUT2D eigenvalue weighted by Gasteiger charge is -2.22. The molecule has 4 rings (SSSR count). The Balaban J connectivity index is 1.60. The van der Waals surface area contributed by atoms with Gasteiger partial charge >= 0.3 is 0 Å². The van der Waals surface area contributed by atoms with Gasteiger partial charge in [0.25, 0.3) is 5.91 Å². The van der Waals surface area contributed by atoms with Crippen molar-refractivity contribution in [2.45, 2.75) is 23.8 Å². The highest BCUT2D eigenvalue weighted by atomic mass is 32.2. The van der Waals surface area contributed by atoms with Crippen molar-refractivity contribution in [3.05, 3.63) is 42.0 Å². The molecule has 1 fully saturated rings. The summed E-state index contributed by atoms with van der Waals surface area (Å²) >= 11 is 1.38. The third kappa shape index (κ3) is 6.10. The van der Waals surface area contributed by atoms with E-state index in [1.54, 1.807) is 44.4 Å². The molecular weight excluding hydrogens is 528 g/mol. The standard InChI is InChI=1S/C26H34N4O6S2/c1-28(2)12-13-30(26-27-21-15-22(34-4)23(35-5)16-24(21)37-26)25(31)18-8-10-20(11-9-18)38(32,33)29(3)17-19-7-6-14-36-19/h8-11,15-16,19H,6-7,12-14,17H2,1-5H3/t19-/m1/s1. The van der Waals surface area contributed by atoms with E-state index < -0.39 is 10.0 Å². The van der Waals surface area contributed by atoms with Crippen LogP contribution in [0.1, 0.15) is 23.2 Å². The van der Waals surface area contributed by atoms with Crippen LogP contribution in [0.15, 0.2) is 41.3 Å². The van der Waals surface area contributed by atoms with Gasteiger partial charge < -0.3 is 19.1 Å². The van der Waals surface area contributed by atoms with E-state index in [-0.39, 0.29) is 16.9 Å². The zero-order valence-corrected chi connectivity index (χ0v) is 24.0. The lowest BCUT2D eigenvalue weighted by Crippen LogP contribution is -2.37. The van der Waals surface area contributed by atoms with Crippen molar-refractivity contribution in [3.63, 3.8) is 0 Å². The van der Waals surface area contributed by atoms with Crippen LogP contribution in [0.4, 0.5) is 5.13 Å². The summed E-state index contributed by atoms with van der Waals surface area (Å²) in [7, 11) is 4.85. The van der Waals surface area contributed by atoms with Crippen molar-refractivity contribution in [2.75, 3.05) is 66.5 Å². The van der Waals surface area contributed by atoms with E-state index in [1.165, 1.54) is 27.8 Å². The van der Waals surface area contributed by atoms with Gasteiger partial charge in [-0.25, -0.2) is 13.4 Å². The van der Waals surface area contributed by atoms with Gasteiger partial charge in [0.05, 0.1) is 35.4 Å². The molecule has 38 heavy (non-hydrogen) atoms. The molecule has 10 nitrogen and oxygen atoms in total. The minimum absolute atomic E-state index is 0.0883. The minimum Gasteiger partial charge on any atom is -0.493 e. The number of nitrogens with zero attached hydrogens (tertiary/aromatic N) is 4. The molecule has 1 aromatic heterocycles. The summed E-state index contributed by atoms with van der Waals surface area (Å²) in [6, 6.07) is 9.69. The molecule has 1 aliphatic heterocycles. The SMILES string of the molecule is COc1cc2nc(N(CCN(C)C)C(=O)c3ccc(S(=O)(=O)N(C)C[C@H]4CCCO4)cc3)sc2cc1OC. The van der Waals surface area contributed by atoms with Crippen LogP contribution in [-0.2, 0) is 14.8 Å². The molecular formula is C26H34N4O6S2. The van der Waals surface area contributed by atoms with Crippen molar-refractivity contribution in [2.24, 2.45) is 0 Å². The number of methoxy groups -OCH3 is 2. The third-order valence-electron chi connectivity index (χ3n) is 6.42. The van der Waals surface area contributed by atoms with Crippen molar-refractivity contribution >= 4 is 42.6 Å². The second kappa shape index (κ2) is 12.0. The first-order valence-electron chi connectivity index (χ1n) is 12.3. The molecule has 0 unspecified atom stereocenters. The molecule has 2 heterocycles. The Morgan fingerprint density at radius 2 is 1.76 bits per heavy atom. The van der Waals surface area contributed by atoms with E-state index in [0.29, 0.717) is 54.0 Å². The van der Waals surface area contributed by atoms with Crippen LogP contribution >= 0.6 is 11.3 Å². The Hall–Kier alpha value is -2.77. The second-order valence-corrected chi connectivity index (χ2v) is 12.4. The minimum atomic E-state index is -3.71. The average molecular weight is 563 g/mol. The Bertz CT molecular complexity index is 1330. The molecule has 12 heteroatoms. The van der Waals surface area contributed by atoms with Gasteiger partial charge in [0.2, 0.25) is 10.0 Å².